The topological polar surface area (TPSA) is 104 Å². The molecule has 2 aliphatic heterocycles. The van der Waals surface area contributed by atoms with Crippen LogP contribution in [0.5, 0.6) is 0 Å². The molecule has 110 valence electrons. The molecule has 2 heterocycles. The average Bonchev–Trinajstić information content (AvgIpc) is 2.88. The smallest absolute Gasteiger partial charge is 0.307 e. The Morgan fingerprint density at radius 1 is 1.21 bits per heavy atom. The van der Waals surface area contributed by atoms with Gasteiger partial charge in [-0.05, 0) is 31.7 Å². The summed E-state index contributed by atoms with van der Waals surface area (Å²) >= 11 is 0. The van der Waals surface area contributed by atoms with Crippen molar-refractivity contribution >= 4 is 16.2 Å². The number of carbonyl (C=O) groups is 1. The molecule has 7 nitrogen and oxygen atoms in total. The lowest BCUT2D eigenvalue weighted by Crippen LogP contribution is -2.48. The van der Waals surface area contributed by atoms with Gasteiger partial charge in [-0.25, -0.2) is 0 Å². The first-order valence-corrected chi connectivity index (χ1v) is 8.03. The molecular weight excluding hydrogens is 270 g/mol. The van der Waals surface area contributed by atoms with Gasteiger partial charge in [0.25, 0.3) is 10.2 Å². The summed E-state index contributed by atoms with van der Waals surface area (Å²) in [4.78, 5) is 11.0. The summed E-state index contributed by atoms with van der Waals surface area (Å²) in [6.07, 6.45) is 1.93. The van der Waals surface area contributed by atoms with E-state index in [0.29, 0.717) is 39.0 Å². The summed E-state index contributed by atoms with van der Waals surface area (Å²) in [5.74, 6) is -1.28. The van der Waals surface area contributed by atoms with Crippen molar-refractivity contribution in [3.05, 3.63) is 0 Å². The predicted octanol–water partition coefficient (Wildman–Crippen LogP) is -0.692. The second-order valence-corrected chi connectivity index (χ2v) is 7.22. The predicted molar refractivity (Wildman–Crippen MR) is 69.6 cm³/mol. The van der Waals surface area contributed by atoms with Gasteiger partial charge >= 0.3 is 5.97 Å². The molecule has 2 saturated heterocycles. The number of carboxylic acid groups (broad SMARTS) is 1. The number of rotatable bonds is 4. The number of piperidine rings is 1. The molecule has 0 saturated carbocycles. The third-order valence-electron chi connectivity index (χ3n) is 3.97. The van der Waals surface area contributed by atoms with Crippen LogP contribution in [0, 0.1) is 11.8 Å². The zero-order valence-corrected chi connectivity index (χ0v) is 11.7. The van der Waals surface area contributed by atoms with Crippen molar-refractivity contribution in [3.8, 4) is 0 Å². The van der Waals surface area contributed by atoms with E-state index in [1.165, 1.54) is 8.61 Å². The maximum Gasteiger partial charge on any atom is 0.307 e. The van der Waals surface area contributed by atoms with Crippen molar-refractivity contribution in [1.29, 1.82) is 0 Å². The quantitative estimate of drug-likeness (QED) is 0.713. The Morgan fingerprint density at radius 3 is 2.47 bits per heavy atom. The third-order valence-corrected chi connectivity index (χ3v) is 5.94. The van der Waals surface area contributed by atoms with Gasteiger partial charge in [0.05, 0.1) is 5.92 Å². The van der Waals surface area contributed by atoms with E-state index in [9.17, 15) is 13.2 Å². The van der Waals surface area contributed by atoms with Crippen LogP contribution in [0.2, 0.25) is 0 Å². The Kier molecular flexibility index (Phi) is 4.44. The van der Waals surface area contributed by atoms with E-state index in [0.717, 1.165) is 6.42 Å². The highest BCUT2D eigenvalue weighted by molar-refractivity contribution is 7.86. The molecule has 0 aromatic heterocycles. The van der Waals surface area contributed by atoms with E-state index < -0.39 is 22.1 Å². The van der Waals surface area contributed by atoms with E-state index in [1.807, 2.05) is 0 Å². The fourth-order valence-corrected chi connectivity index (χ4v) is 4.51. The monoisotopic (exact) mass is 291 g/mol. The Bertz CT molecular complexity index is 439. The Morgan fingerprint density at radius 2 is 1.89 bits per heavy atom. The van der Waals surface area contributed by atoms with Crippen LogP contribution in [0.3, 0.4) is 0 Å². The minimum atomic E-state index is -3.52. The summed E-state index contributed by atoms with van der Waals surface area (Å²) in [6, 6.07) is 0. The van der Waals surface area contributed by atoms with Crippen molar-refractivity contribution in [2.24, 2.45) is 17.6 Å². The van der Waals surface area contributed by atoms with Gasteiger partial charge in [0.2, 0.25) is 0 Å². The van der Waals surface area contributed by atoms with Crippen LogP contribution in [0.25, 0.3) is 0 Å². The molecule has 0 spiro atoms. The van der Waals surface area contributed by atoms with Crippen LogP contribution < -0.4 is 5.73 Å². The van der Waals surface area contributed by atoms with E-state index in [2.05, 4.69) is 0 Å². The summed E-state index contributed by atoms with van der Waals surface area (Å²) in [7, 11) is -3.52. The number of nitrogens with two attached hydrogens (primary N) is 1. The van der Waals surface area contributed by atoms with E-state index in [-0.39, 0.29) is 12.5 Å². The maximum atomic E-state index is 12.4. The lowest BCUT2D eigenvalue weighted by Gasteiger charge is -2.32. The highest BCUT2D eigenvalue weighted by atomic mass is 32.2. The van der Waals surface area contributed by atoms with Crippen LogP contribution >= 0.6 is 0 Å². The molecule has 8 heteroatoms. The molecule has 2 aliphatic rings. The van der Waals surface area contributed by atoms with Crippen LogP contribution in [0.4, 0.5) is 0 Å². The van der Waals surface area contributed by atoms with Gasteiger partial charge in [-0.1, -0.05) is 0 Å². The lowest BCUT2D eigenvalue weighted by molar-refractivity contribution is -0.142. The van der Waals surface area contributed by atoms with Gasteiger partial charge in [-0.15, -0.1) is 0 Å². The van der Waals surface area contributed by atoms with Crippen molar-refractivity contribution in [3.63, 3.8) is 0 Å². The number of hydrogen-bond acceptors (Lipinski definition) is 4. The molecule has 2 fully saturated rings. The third kappa shape index (κ3) is 3.07. The minimum absolute atomic E-state index is 0.0848. The van der Waals surface area contributed by atoms with Crippen molar-refractivity contribution in [1.82, 2.24) is 8.61 Å². The molecule has 0 aliphatic carbocycles. The number of aliphatic carboxylic acids is 1. The fraction of sp³-hybridized carbons (Fsp3) is 0.909. The normalized spacial score (nSPS) is 30.6. The average molecular weight is 291 g/mol. The summed E-state index contributed by atoms with van der Waals surface area (Å²) in [6.45, 7) is 1.92. The fourth-order valence-electron chi connectivity index (χ4n) is 2.72. The van der Waals surface area contributed by atoms with Gasteiger partial charge in [-0.2, -0.15) is 17.0 Å². The zero-order valence-electron chi connectivity index (χ0n) is 10.9. The van der Waals surface area contributed by atoms with E-state index in [4.69, 9.17) is 10.8 Å². The van der Waals surface area contributed by atoms with Crippen molar-refractivity contribution < 1.29 is 18.3 Å². The highest BCUT2D eigenvalue weighted by Crippen LogP contribution is 2.25. The molecule has 2 atom stereocenters. The molecule has 3 N–H and O–H groups in total. The second-order valence-electron chi connectivity index (χ2n) is 5.29. The SMILES string of the molecule is NCC1CCN(S(=O)(=O)N2CCCC(C(=O)O)C2)C1. The molecular formula is C11H21N3O4S. The molecule has 0 aromatic carbocycles. The summed E-state index contributed by atoms with van der Waals surface area (Å²) in [5.41, 5.74) is 5.57. The maximum absolute atomic E-state index is 12.4. The Balaban J connectivity index is 2.05. The van der Waals surface area contributed by atoms with Crippen LogP contribution in [0.15, 0.2) is 0 Å². The Labute approximate surface area is 113 Å². The molecule has 0 amide bonds. The largest absolute Gasteiger partial charge is 0.481 e. The highest BCUT2D eigenvalue weighted by Gasteiger charge is 2.38. The molecule has 0 aromatic rings. The number of carboxylic acids is 1. The van der Waals surface area contributed by atoms with Gasteiger partial charge < -0.3 is 10.8 Å². The molecule has 19 heavy (non-hydrogen) atoms. The zero-order chi connectivity index (χ0) is 14.0. The second kappa shape index (κ2) is 5.74. The van der Waals surface area contributed by atoms with Gasteiger partial charge in [0.15, 0.2) is 0 Å². The summed E-state index contributed by atoms with van der Waals surface area (Å²) < 4.78 is 27.6. The minimum Gasteiger partial charge on any atom is -0.481 e. The van der Waals surface area contributed by atoms with Crippen molar-refractivity contribution in [2.75, 3.05) is 32.7 Å². The van der Waals surface area contributed by atoms with Crippen LogP contribution in [0.1, 0.15) is 19.3 Å². The first-order chi connectivity index (χ1) is 8.95. The number of hydrogen-bond donors (Lipinski definition) is 2. The first-order valence-electron chi connectivity index (χ1n) is 6.63. The molecule has 0 bridgehead atoms. The molecule has 2 rings (SSSR count). The van der Waals surface area contributed by atoms with E-state index in [1.54, 1.807) is 0 Å². The standard InChI is InChI=1S/C11H21N3O4S/c12-6-9-3-5-14(7-9)19(17,18)13-4-1-2-10(8-13)11(15)16/h9-10H,1-8,12H2,(H,15,16). The summed E-state index contributed by atoms with van der Waals surface area (Å²) in [5, 5.41) is 9.02. The van der Waals surface area contributed by atoms with E-state index >= 15 is 0 Å². The lowest BCUT2D eigenvalue weighted by atomic mass is 10.0. The molecule has 2 unspecified atom stereocenters. The Hall–Kier alpha value is -0.700. The van der Waals surface area contributed by atoms with Gasteiger partial charge in [0.1, 0.15) is 0 Å². The molecule has 0 radical (unpaired) electrons. The first kappa shape index (κ1) is 14.7. The van der Waals surface area contributed by atoms with Gasteiger partial charge in [-0.3, -0.25) is 4.79 Å². The number of nitrogens with zero attached hydrogens (tertiary/aromatic N) is 2. The van der Waals surface area contributed by atoms with Gasteiger partial charge in [0, 0.05) is 26.2 Å². The van der Waals surface area contributed by atoms with Crippen LogP contribution in [-0.2, 0) is 15.0 Å². The van der Waals surface area contributed by atoms with Crippen molar-refractivity contribution in [2.45, 2.75) is 19.3 Å². The van der Waals surface area contributed by atoms with Crippen LogP contribution in [-0.4, -0.2) is 60.8 Å².